The number of nitrogens with two attached hydrogens (primary N) is 1. The lowest BCUT2D eigenvalue weighted by Crippen LogP contribution is -2.49. The second-order valence-corrected chi connectivity index (χ2v) is 10.3. The molecule has 0 bridgehead atoms. The van der Waals surface area contributed by atoms with Crippen LogP contribution in [0.3, 0.4) is 0 Å². The summed E-state index contributed by atoms with van der Waals surface area (Å²) in [6, 6.07) is 11.5. The highest BCUT2D eigenvalue weighted by molar-refractivity contribution is 8.14. The Balaban J connectivity index is 0.00000578. The molecule has 0 aliphatic rings. The number of thioether (sulfide) groups is 1. The second kappa shape index (κ2) is 13.2. The number of carbonyl (C=O) groups is 3. The standard InChI is InChI=1S/C22H28N4O5S2.ClH/c1-15-4-10-20(11-5-15)33(30,31)26(19-8-6-18(23)7-9-19)16(2)22(29)25-13-12-24-21(28)14-32-17(3)27;/h4-11,16H,12-14,23H2,1-3H3,(H,24,28)(H,25,29);1H/t16-;/m0./s1. The van der Waals surface area contributed by atoms with Crippen molar-refractivity contribution in [1.29, 1.82) is 0 Å². The minimum absolute atomic E-state index is 0. The van der Waals surface area contributed by atoms with Crippen molar-refractivity contribution >= 4 is 62.5 Å². The topological polar surface area (TPSA) is 139 Å². The van der Waals surface area contributed by atoms with E-state index in [4.69, 9.17) is 5.73 Å². The molecule has 0 aliphatic carbocycles. The molecule has 2 rings (SSSR count). The van der Waals surface area contributed by atoms with Gasteiger partial charge in [-0.2, -0.15) is 0 Å². The van der Waals surface area contributed by atoms with Gasteiger partial charge in [-0.25, -0.2) is 8.42 Å². The molecule has 2 aromatic carbocycles. The number of sulfonamides is 1. The van der Waals surface area contributed by atoms with Gasteiger partial charge in [0.15, 0.2) is 5.12 Å². The Labute approximate surface area is 210 Å². The summed E-state index contributed by atoms with van der Waals surface area (Å²) in [6.45, 7) is 4.94. The van der Waals surface area contributed by atoms with Crippen LogP contribution in [0.1, 0.15) is 19.4 Å². The highest BCUT2D eigenvalue weighted by Crippen LogP contribution is 2.27. The normalized spacial score (nSPS) is 11.6. The minimum Gasteiger partial charge on any atom is -0.399 e. The van der Waals surface area contributed by atoms with Crippen molar-refractivity contribution in [2.45, 2.75) is 31.7 Å². The van der Waals surface area contributed by atoms with Crippen molar-refractivity contribution in [3.8, 4) is 0 Å². The number of benzene rings is 2. The van der Waals surface area contributed by atoms with Crippen LogP contribution in [0.5, 0.6) is 0 Å². The molecule has 0 aliphatic heterocycles. The van der Waals surface area contributed by atoms with E-state index in [9.17, 15) is 22.8 Å². The molecule has 12 heteroatoms. The van der Waals surface area contributed by atoms with E-state index < -0.39 is 22.0 Å². The molecule has 0 saturated carbocycles. The molecule has 0 radical (unpaired) electrons. The first-order valence-corrected chi connectivity index (χ1v) is 12.6. The van der Waals surface area contributed by atoms with E-state index in [-0.39, 0.29) is 47.2 Å². The Hall–Kier alpha value is -2.76. The molecule has 4 N–H and O–H groups in total. The molecule has 0 heterocycles. The predicted octanol–water partition coefficient (Wildman–Crippen LogP) is 2.09. The van der Waals surface area contributed by atoms with Crippen LogP contribution in [0, 0.1) is 6.92 Å². The zero-order valence-electron chi connectivity index (χ0n) is 19.1. The molecule has 0 saturated heterocycles. The number of anilines is 2. The summed E-state index contributed by atoms with van der Waals surface area (Å²) in [5.41, 5.74) is 7.40. The van der Waals surface area contributed by atoms with Gasteiger partial charge >= 0.3 is 0 Å². The molecular formula is C22H29ClN4O5S2. The first-order chi connectivity index (χ1) is 15.5. The van der Waals surface area contributed by atoms with Crippen LogP contribution >= 0.6 is 24.2 Å². The highest BCUT2D eigenvalue weighted by atomic mass is 35.5. The third kappa shape index (κ3) is 8.23. The van der Waals surface area contributed by atoms with E-state index in [1.807, 2.05) is 6.92 Å². The molecule has 0 unspecified atom stereocenters. The second-order valence-electron chi connectivity index (χ2n) is 7.30. The van der Waals surface area contributed by atoms with Gasteiger partial charge in [0.05, 0.1) is 16.3 Å². The third-order valence-electron chi connectivity index (χ3n) is 4.61. The van der Waals surface area contributed by atoms with Gasteiger partial charge in [-0.3, -0.25) is 18.7 Å². The van der Waals surface area contributed by atoms with Gasteiger partial charge < -0.3 is 16.4 Å². The fourth-order valence-corrected chi connectivity index (χ4v) is 4.93. The molecule has 34 heavy (non-hydrogen) atoms. The number of aryl methyl sites for hydroxylation is 1. The Bertz CT molecular complexity index is 1090. The lowest BCUT2D eigenvalue weighted by atomic mass is 10.2. The van der Waals surface area contributed by atoms with Crippen molar-refractivity contribution in [2.24, 2.45) is 0 Å². The smallest absolute Gasteiger partial charge is 0.265 e. The lowest BCUT2D eigenvalue weighted by Gasteiger charge is -2.30. The van der Waals surface area contributed by atoms with Gasteiger partial charge in [0.2, 0.25) is 11.8 Å². The van der Waals surface area contributed by atoms with Gasteiger partial charge in [0.1, 0.15) is 6.04 Å². The number of hydrogen-bond donors (Lipinski definition) is 3. The van der Waals surface area contributed by atoms with Crippen LogP contribution in [-0.4, -0.2) is 50.2 Å². The monoisotopic (exact) mass is 528 g/mol. The number of amides is 2. The van der Waals surface area contributed by atoms with Crippen molar-refractivity contribution in [2.75, 3.05) is 28.9 Å². The van der Waals surface area contributed by atoms with Crippen LogP contribution in [0.2, 0.25) is 0 Å². The molecule has 9 nitrogen and oxygen atoms in total. The molecule has 0 fully saturated rings. The molecule has 1 atom stereocenters. The van der Waals surface area contributed by atoms with E-state index in [1.54, 1.807) is 24.3 Å². The highest BCUT2D eigenvalue weighted by Gasteiger charge is 2.33. The summed E-state index contributed by atoms with van der Waals surface area (Å²) in [5.74, 6) is -0.864. The third-order valence-corrected chi connectivity index (χ3v) is 7.34. The largest absolute Gasteiger partial charge is 0.399 e. The quantitative estimate of drug-likeness (QED) is 0.317. The Morgan fingerprint density at radius 2 is 1.56 bits per heavy atom. The van der Waals surface area contributed by atoms with Crippen LogP contribution in [0.15, 0.2) is 53.4 Å². The fraction of sp³-hybridized carbons (Fsp3) is 0.318. The van der Waals surface area contributed by atoms with E-state index >= 15 is 0 Å². The summed E-state index contributed by atoms with van der Waals surface area (Å²) in [7, 11) is -4.06. The summed E-state index contributed by atoms with van der Waals surface area (Å²) < 4.78 is 27.9. The number of nitrogen functional groups attached to an aromatic ring is 1. The van der Waals surface area contributed by atoms with E-state index in [0.717, 1.165) is 21.6 Å². The Morgan fingerprint density at radius 1 is 1.00 bits per heavy atom. The maximum atomic E-state index is 13.4. The number of hydrogen-bond acceptors (Lipinski definition) is 7. The number of carbonyl (C=O) groups excluding carboxylic acids is 3. The fourth-order valence-electron chi connectivity index (χ4n) is 2.88. The Morgan fingerprint density at radius 3 is 2.12 bits per heavy atom. The first kappa shape index (κ1) is 29.3. The molecule has 0 spiro atoms. The maximum absolute atomic E-state index is 13.4. The predicted molar refractivity (Wildman–Crippen MR) is 138 cm³/mol. The minimum atomic E-state index is -4.06. The number of nitrogens with zero attached hydrogens (tertiary/aromatic N) is 1. The van der Waals surface area contributed by atoms with Crippen molar-refractivity contribution < 1.29 is 22.8 Å². The van der Waals surface area contributed by atoms with Crippen LogP contribution in [0.4, 0.5) is 11.4 Å². The van der Waals surface area contributed by atoms with Gasteiger partial charge in [-0.05, 0) is 50.2 Å². The molecule has 0 aromatic heterocycles. The van der Waals surface area contributed by atoms with E-state index in [2.05, 4.69) is 10.6 Å². The summed E-state index contributed by atoms with van der Waals surface area (Å²) in [4.78, 5) is 35.4. The van der Waals surface area contributed by atoms with Crippen molar-refractivity contribution in [1.82, 2.24) is 10.6 Å². The average Bonchev–Trinajstić information content (AvgIpc) is 2.76. The summed E-state index contributed by atoms with van der Waals surface area (Å²) >= 11 is 0.892. The summed E-state index contributed by atoms with van der Waals surface area (Å²) in [5, 5.41) is 5.06. The van der Waals surface area contributed by atoms with E-state index in [0.29, 0.717) is 11.4 Å². The molecule has 186 valence electrons. The first-order valence-electron chi connectivity index (χ1n) is 10.2. The van der Waals surface area contributed by atoms with E-state index in [1.165, 1.54) is 38.1 Å². The zero-order chi connectivity index (χ0) is 24.6. The van der Waals surface area contributed by atoms with Gasteiger partial charge in [-0.1, -0.05) is 29.5 Å². The van der Waals surface area contributed by atoms with Gasteiger partial charge in [0, 0.05) is 25.7 Å². The maximum Gasteiger partial charge on any atom is 0.265 e. The SMILES string of the molecule is CC(=O)SCC(=O)NCCNC(=O)[C@H](C)N(c1ccc(N)cc1)S(=O)(=O)c1ccc(C)cc1.Cl. The number of rotatable bonds is 10. The van der Waals surface area contributed by atoms with Gasteiger partial charge in [0.25, 0.3) is 10.0 Å². The van der Waals surface area contributed by atoms with Crippen LogP contribution in [-0.2, 0) is 24.4 Å². The Kier molecular flexibility index (Phi) is 11.4. The van der Waals surface area contributed by atoms with Crippen molar-refractivity contribution in [3.05, 3.63) is 54.1 Å². The molecular weight excluding hydrogens is 500 g/mol. The van der Waals surface area contributed by atoms with Crippen LogP contribution in [0.25, 0.3) is 0 Å². The average molecular weight is 529 g/mol. The van der Waals surface area contributed by atoms with Crippen LogP contribution < -0.4 is 20.7 Å². The van der Waals surface area contributed by atoms with Gasteiger partial charge in [-0.15, -0.1) is 12.4 Å². The molecule has 2 amide bonds. The lowest BCUT2D eigenvalue weighted by molar-refractivity contribution is -0.122. The number of halogens is 1. The number of nitrogens with one attached hydrogen (secondary N) is 2. The zero-order valence-corrected chi connectivity index (χ0v) is 21.6. The summed E-state index contributed by atoms with van der Waals surface area (Å²) in [6.07, 6.45) is 0. The molecule has 2 aromatic rings. The van der Waals surface area contributed by atoms with Crippen molar-refractivity contribution in [3.63, 3.8) is 0 Å².